The van der Waals surface area contributed by atoms with Crippen LogP contribution in [0.2, 0.25) is 0 Å². The van der Waals surface area contributed by atoms with Crippen LogP contribution >= 0.6 is 0 Å². The lowest BCUT2D eigenvalue weighted by Crippen LogP contribution is -2.25. The highest BCUT2D eigenvalue weighted by molar-refractivity contribution is 6.30. The van der Waals surface area contributed by atoms with Crippen molar-refractivity contribution in [2.45, 2.75) is 27.7 Å². The Labute approximate surface area is 118 Å². The molecule has 2 aromatic carbocycles. The summed E-state index contributed by atoms with van der Waals surface area (Å²) in [6, 6.07) is 7.65. The van der Waals surface area contributed by atoms with Crippen LogP contribution in [0, 0.1) is 27.7 Å². The minimum Gasteiger partial charge on any atom is -0.289 e. The highest BCUT2D eigenvalue weighted by Crippen LogP contribution is 2.34. The van der Waals surface area contributed by atoms with Gasteiger partial charge in [-0.05, 0) is 49.9 Å². The summed E-state index contributed by atoms with van der Waals surface area (Å²) in [6.07, 6.45) is 0. The van der Waals surface area contributed by atoms with E-state index in [0.29, 0.717) is 22.3 Å². The summed E-state index contributed by atoms with van der Waals surface area (Å²) in [4.78, 5) is 25.7. The SMILES string of the molecule is Cc1ccc(C)c2c1C(=O)c1c(C)ccc(C)c1C2=O. The van der Waals surface area contributed by atoms with Crippen LogP contribution in [0.4, 0.5) is 0 Å². The van der Waals surface area contributed by atoms with E-state index >= 15 is 0 Å². The van der Waals surface area contributed by atoms with Crippen LogP contribution in [-0.2, 0) is 0 Å². The predicted molar refractivity (Wildman–Crippen MR) is 78.7 cm³/mol. The number of fused-ring (bicyclic) bond motifs is 2. The Morgan fingerprint density at radius 2 is 0.700 bits per heavy atom. The van der Waals surface area contributed by atoms with Crippen molar-refractivity contribution >= 4 is 11.6 Å². The fourth-order valence-corrected chi connectivity index (χ4v) is 3.04. The molecule has 0 heterocycles. The zero-order chi connectivity index (χ0) is 14.6. The van der Waals surface area contributed by atoms with Crippen molar-refractivity contribution < 1.29 is 9.59 Å². The predicted octanol–water partition coefficient (Wildman–Crippen LogP) is 3.70. The molecule has 0 bridgehead atoms. The summed E-state index contributed by atoms with van der Waals surface area (Å²) in [7, 11) is 0. The second kappa shape index (κ2) is 4.14. The monoisotopic (exact) mass is 264 g/mol. The molecule has 0 aliphatic heterocycles. The Balaban J connectivity index is 2.46. The molecule has 0 aromatic heterocycles. The first kappa shape index (κ1) is 12.8. The Morgan fingerprint density at radius 3 is 0.900 bits per heavy atom. The molecule has 0 radical (unpaired) electrons. The molecule has 0 spiro atoms. The molecule has 0 unspecified atom stereocenters. The van der Waals surface area contributed by atoms with Gasteiger partial charge < -0.3 is 0 Å². The van der Waals surface area contributed by atoms with Crippen molar-refractivity contribution in [1.82, 2.24) is 0 Å². The van der Waals surface area contributed by atoms with Gasteiger partial charge in [-0.3, -0.25) is 9.59 Å². The standard InChI is InChI=1S/C18H16O2/c1-9-5-6-10(2)14-13(9)17(19)15-11(3)7-8-12(4)16(15)18(14)20/h5-8H,1-4H3. The lowest BCUT2D eigenvalue weighted by molar-refractivity contribution is 0.0977. The molecule has 20 heavy (non-hydrogen) atoms. The summed E-state index contributed by atoms with van der Waals surface area (Å²) in [6.45, 7) is 7.55. The molecule has 1 aliphatic carbocycles. The van der Waals surface area contributed by atoms with E-state index in [9.17, 15) is 9.59 Å². The minimum absolute atomic E-state index is 0.0167. The van der Waals surface area contributed by atoms with Crippen LogP contribution in [-0.4, -0.2) is 11.6 Å². The zero-order valence-corrected chi connectivity index (χ0v) is 12.1. The molecule has 100 valence electrons. The molecule has 2 nitrogen and oxygen atoms in total. The molecule has 2 aromatic rings. The van der Waals surface area contributed by atoms with Crippen molar-refractivity contribution in [3.63, 3.8) is 0 Å². The van der Waals surface area contributed by atoms with Crippen LogP contribution in [0.3, 0.4) is 0 Å². The first-order valence-electron chi connectivity index (χ1n) is 6.73. The van der Waals surface area contributed by atoms with Gasteiger partial charge in [0.15, 0.2) is 11.6 Å². The number of rotatable bonds is 0. The van der Waals surface area contributed by atoms with Crippen molar-refractivity contribution in [2.75, 3.05) is 0 Å². The number of ketones is 2. The first-order chi connectivity index (χ1) is 9.43. The lowest BCUT2D eigenvalue weighted by atomic mass is 9.77. The van der Waals surface area contributed by atoms with Gasteiger partial charge in [-0.1, -0.05) is 24.3 Å². The number of hydrogen-bond acceptors (Lipinski definition) is 2. The fourth-order valence-electron chi connectivity index (χ4n) is 3.04. The van der Waals surface area contributed by atoms with Gasteiger partial charge in [0.1, 0.15) is 0 Å². The van der Waals surface area contributed by atoms with Crippen molar-refractivity contribution in [2.24, 2.45) is 0 Å². The van der Waals surface area contributed by atoms with E-state index in [4.69, 9.17) is 0 Å². The Bertz CT molecular complexity index is 653. The fraction of sp³-hybridized carbons (Fsp3) is 0.222. The normalized spacial score (nSPS) is 13.2. The number of hydrogen-bond donors (Lipinski definition) is 0. The van der Waals surface area contributed by atoms with Gasteiger partial charge in [-0.25, -0.2) is 0 Å². The van der Waals surface area contributed by atoms with Crippen molar-refractivity contribution in [3.05, 3.63) is 68.8 Å². The van der Waals surface area contributed by atoms with Gasteiger partial charge in [-0.2, -0.15) is 0 Å². The molecule has 0 fully saturated rings. The smallest absolute Gasteiger partial charge is 0.195 e. The quantitative estimate of drug-likeness (QED) is 0.620. The number of carbonyl (C=O) groups excluding carboxylic acids is 2. The molecule has 2 heteroatoms. The van der Waals surface area contributed by atoms with Crippen LogP contribution < -0.4 is 0 Å². The van der Waals surface area contributed by atoms with E-state index in [1.165, 1.54) is 0 Å². The van der Waals surface area contributed by atoms with Gasteiger partial charge in [0.25, 0.3) is 0 Å². The van der Waals surface area contributed by atoms with Crippen LogP contribution in [0.15, 0.2) is 24.3 Å². The third kappa shape index (κ3) is 1.51. The molecule has 0 amide bonds. The molecule has 0 N–H and O–H groups in total. The molecular weight excluding hydrogens is 248 g/mol. The topological polar surface area (TPSA) is 34.1 Å². The summed E-state index contributed by atoms with van der Waals surface area (Å²) in [5.41, 5.74) is 5.80. The molecule has 3 rings (SSSR count). The Kier molecular flexibility index (Phi) is 2.65. The average molecular weight is 264 g/mol. The maximum atomic E-state index is 12.8. The van der Waals surface area contributed by atoms with E-state index in [1.54, 1.807) is 0 Å². The summed E-state index contributed by atoms with van der Waals surface area (Å²) < 4.78 is 0. The van der Waals surface area contributed by atoms with Crippen LogP contribution in [0.5, 0.6) is 0 Å². The van der Waals surface area contributed by atoms with E-state index in [1.807, 2.05) is 52.0 Å². The maximum absolute atomic E-state index is 12.8. The van der Waals surface area contributed by atoms with Crippen LogP contribution in [0.25, 0.3) is 0 Å². The molecule has 0 saturated carbocycles. The van der Waals surface area contributed by atoms with Gasteiger partial charge in [0, 0.05) is 22.3 Å². The van der Waals surface area contributed by atoms with Gasteiger partial charge in [-0.15, -0.1) is 0 Å². The summed E-state index contributed by atoms with van der Waals surface area (Å²) >= 11 is 0. The van der Waals surface area contributed by atoms with E-state index in [0.717, 1.165) is 22.3 Å². The first-order valence-corrected chi connectivity index (χ1v) is 6.73. The second-order valence-corrected chi connectivity index (χ2v) is 5.56. The van der Waals surface area contributed by atoms with E-state index in [2.05, 4.69) is 0 Å². The van der Waals surface area contributed by atoms with Crippen molar-refractivity contribution in [3.8, 4) is 0 Å². The van der Waals surface area contributed by atoms with E-state index < -0.39 is 0 Å². The molecule has 0 atom stereocenters. The highest BCUT2D eigenvalue weighted by atomic mass is 16.1. The van der Waals surface area contributed by atoms with E-state index in [-0.39, 0.29) is 11.6 Å². The van der Waals surface area contributed by atoms with Crippen molar-refractivity contribution in [1.29, 1.82) is 0 Å². The minimum atomic E-state index is -0.0167. The summed E-state index contributed by atoms with van der Waals surface area (Å²) in [5, 5.41) is 0. The summed E-state index contributed by atoms with van der Waals surface area (Å²) in [5.74, 6) is -0.0333. The second-order valence-electron chi connectivity index (χ2n) is 5.56. The lowest BCUT2D eigenvalue weighted by Gasteiger charge is -2.23. The highest BCUT2D eigenvalue weighted by Gasteiger charge is 2.34. The Hall–Kier alpha value is -2.22. The Morgan fingerprint density at radius 1 is 0.500 bits per heavy atom. The van der Waals surface area contributed by atoms with Crippen LogP contribution in [0.1, 0.15) is 54.1 Å². The largest absolute Gasteiger partial charge is 0.289 e. The zero-order valence-electron chi connectivity index (χ0n) is 12.1. The van der Waals surface area contributed by atoms with Gasteiger partial charge >= 0.3 is 0 Å². The number of carbonyl (C=O) groups is 2. The third-order valence-corrected chi connectivity index (χ3v) is 4.15. The third-order valence-electron chi connectivity index (χ3n) is 4.15. The maximum Gasteiger partial charge on any atom is 0.195 e. The van der Waals surface area contributed by atoms with Gasteiger partial charge in [0.05, 0.1) is 0 Å². The average Bonchev–Trinajstić information content (AvgIpc) is 2.41. The number of aryl methyl sites for hydroxylation is 4. The molecule has 1 aliphatic rings. The molecule has 0 saturated heterocycles. The van der Waals surface area contributed by atoms with Gasteiger partial charge in [0.2, 0.25) is 0 Å². The number of benzene rings is 2. The molecular formula is C18H16O2.